The topological polar surface area (TPSA) is 73.0 Å². The third-order valence-electron chi connectivity index (χ3n) is 4.31. The van der Waals surface area contributed by atoms with E-state index < -0.39 is 0 Å². The number of rotatable bonds is 3. The van der Waals surface area contributed by atoms with E-state index in [0.717, 1.165) is 17.1 Å². The van der Waals surface area contributed by atoms with Crippen molar-refractivity contribution in [2.45, 2.75) is 20.8 Å². The molecule has 2 heterocycles. The van der Waals surface area contributed by atoms with E-state index in [1.807, 2.05) is 26.0 Å². The van der Waals surface area contributed by atoms with Gasteiger partial charge in [-0.2, -0.15) is 5.10 Å². The maximum Gasteiger partial charge on any atom is 0.255 e. The van der Waals surface area contributed by atoms with E-state index in [1.165, 1.54) is 0 Å². The fourth-order valence-corrected chi connectivity index (χ4v) is 3.10. The van der Waals surface area contributed by atoms with Crippen LogP contribution in [0.4, 0.5) is 5.69 Å². The molecule has 0 saturated carbocycles. The fourth-order valence-electron chi connectivity index (χ4n) is 2.98. The second-order valence-electron chi connectivity index (χ2n) is 6.32. The molecule has 2 aromatic heterocycles. The summed E-state index contributed by atoms with van der Waals surface area (Å²) in [6, 6.07) is 12.6. The molecule has 1 N–H and O–H groups in total. The highest BCUT2D eigenvalue weighted by Crippen LogP contribution is 2.24. The van der Waals surface area contributed by atoms with Gasteiger partial charge in [0.25, 0.3) is 5.91 Å². The average Bonchev–Trinajstić information content (AvgIpc) is 3.15. The lowest BCUT2D eigenvalue weighted by molar-refractivity contribution is 0.102. The summed E-state index contributed by atoms with van der Waals surface area (Å²) in [6.45, 7) is 5.53. The molecule has 0 radical (unpaired) electrons. The van der Waals surface area contributed by atoms with Crippen molar-refractivity contribution in [2.75, 3.05) is 5.32 Å². The van der Waals surface area contributed by atoms with Gasteiger partial charge in [-0.15, -0.1) is 0 Å². The van der Waals surface area contributed by atoms with Crippen LogP contribution in [0.5, 0.6) is 0 Å². The molecule has 0 aliphatic rings. The van der Waals surface area contributed by atoms with Gasteiger partial charge in [-0.1, -0.05) is 17.7 Å². The largest absolute Gasteiger partial charge is 0.441 e. The Morgan fingerprint density at radius 3 is 2.70 bits per heavy atom. The number of hydrogen-bond acceptors (Lipinski definition) is 4. The number of benzene rings is 2. The molecule has 0 bridgehead atoms. The molecular weight excluding hydrogens is 364 g/mol. The number of aromatic nitrogens is 3. The summed E-state index contributed by atoms with van der Waals surface area (Å²) in [5.74, 6) is 0.369. The molecule has 0 fully saturated rings. The number of nitrogens with zero attached hydrogens (tertiary/aromatic N) is 3. The second-order valence-corrected chi connectivity index (χ2v) is 6.69. The molecule has 0 aliphatic heterocycles. The Hall–Kier alpha value is -3.12. The Balaban J connectivity index is 1.62. The predicted octanol–water partition coefficient (Wildman–Crippen LogP) is 4.84. The summed E-state index contributed by atoms with van der Waals surface area (Å²) in [6.07, 6.45) is 0. The first-order valence-corrected chi connectivity index (χ1v) is 8.81. The van der Waals surface area contributed by atoms with Crippen molar-refractivity contribution in [3.63, 3.8) is 0 Å². The van der Waals surface area contributed by atoms with Crippen LogP contribution in [0.3, 0.4) is 0 Å². The average molecular weight is 381 g/mol. The standard InChI is InChI=1S/C20H17ClN4O2/c1-11-19(21)12(2)25(24-11)16-6-4-5-14(9-16)20(26)23-15-7-8-18-17(10-15)22-13(3)27-18/h4-10H,1-3H3,(H,23,26). The first kappa shape index (κ1) is 17.3. The number of nitrogens with one attached hydrogen (secondary N) is 1. The SMILES string of the molecule is Cc1nc2cc(NC(=O)c3cccc(-n4nc(C)c(Cl)c4C)c3)ccc2o1. The van der Waals surface area contributed by atoms with E-state index in [1.54, 1.807) is 41.9 Å². The lowest BCUT2D eigenvalue weighted by Gasteiger charge is -2.08. The van der Waals surface area contributed by atoms with Gasteiger partial charge < -0.3 is 9.73 Å². The maximum atomic E-state index is 12.7. The molecule has 27 heavy (non-hydrogen) atoms. The van der Waals surface area contributed by atoms with Crippen LogP contribution in [0.2, 0.25) is 5.02 Å². The summed E-state index contributed by atoms with van der Waals surface area (Å²) in [7, 11) is 0. The number of anilines is 1. The van der Waals surface area contributed by atoms with Crippen molar-refractivity contribution in [1.82, 2.24) is 14.8 Å². The van der Waals surface area contributed by atoms with Crippen molar-refractivity contribution in [1.29, 1.82) is 0 Å². The molecule has 0 saturated heterocycles. The van der Waals surface area contributed by atoms with Gasteiger partial charge in [0.15, 0.2) is 11.5 Å². The molecule has 0 atom stereocenters. The second kappa shape index (κ2) is 6.55. The van der Waals surface area contributed by atoms with Crippen LogP contribution < -0.4 is 5.32 Å². The zero-order valence-corrected chi connectivity index (χ0v) is 15.8. The number of fused-ring (bicyclic) bond motifs is 1. The summed E-state index contributed by atoms with van der Waals surface area (Å²) in [4.78, 5) is 17.0. The predicted molar refractivity (Wildman–Crippen MR) is 105 cm³/mol. The first-order valence-electron chi connectivity index (χ1n) is 8.43. The number of oxazole rings is 1. The van der Waals surface area contributed by atoms with Gasteiger partial charge in [0.1, 0.15) is 5.52 Å². The number of hydrogen-bond donors (Lipinski definition) is 1. The molecule has 0 unspecified atom stereocenters. The van der Waals surface area contributed by atoms with Crippen LogP contribution in [0, 0.1) is 20.8 Å². The smallest absolute Gasteiger partial charge is 0.255 e. The summed E-state index contributed by atoms with van der Waals surface area (Å²) >= 11 is 6.23. The molecule has 6 nitrogen and oxygen atoms in total. The maximum absolute atomic E-state index is 12.7. The molecule has 4 rings (SSSR count). The quantitative estimate of drug-likeness (QED) is 0.551. The van der Waals surface area contributed by atoms with Gasteiger partial charge in [0, 0.05) is 18.2 Å². The van der Waals surface area contributed by atoms with E-state index in [0.29, 0.717) is 33.3 Å². The molecular formula is C20H17ClN4O2. The monoisotopic (exact) mass is 380 g/mol. The molecule has 0 spiro atoms. The lowest BCUT2D eigenvalue weighted by atomic mass is 10.1. The summed E-state index contributed by atoms with van der Waals surface area (Å²) in [5.41, 5.74) is 4.93. The minimum Gasteiger partial charge on any atom is -0.441 e. The Morgan fingerprint density at radius 1 is 1.15 bits per heavy atom. The number of halogens is 1. The van der Waals surface area contributed by atoms with Crippen molar-refractivity contribution >= 4 is 34.3 Å². The molecule has 1 amide bonds. The summed E-state index contributed by atoms with van der Waals surface area (Å²) < 4.78 is 7.19. The Labute approximate surface area is 160 Å². The van der Waals surface area contributed by atoms with E-state index in [4.69, 9.17) is 16.0 Å². The van der Waals surface area contributed by atoms with Crippen LogP contribution in [-0.2, 0) is 0 Å². The van der Waals surface area contributed by atoms with Crippen LogP contribution in [0.25, 0.3) is 16.8 Å². The minimum atomic E-state index is -0.218. The van der Waals surface area contributed by atoms with Crippen LogP contribution in [0.1, 0.15) is 27.6 Å². The molecule has 0 aliphatic carbocycles. The summed E-state index contributed by atoms with van der Waals surface area (Å²) in [5, 5.41) is 7.95. The zero-order valence-electron chi connectivity index (χ0n) is 15.1. The van der Waals surface area contributed by atoms with Crippen molar-refractivity contribution in [2.24, 2.45) is 0 Å². The third kappa shape index (κ3) is 3.19. The molecule has 2 aromatic carbocycles. The first-order chi connectivity index (χ1) is 12.9. The number of carbonyl (C=O) groups is 1. The van der Waals surface area contributed by atoms with Gasteiger partial charge in [0.2, 0.25) is 0 Å². The Bertz CT molecular complexity index is 1180. The fraction of sp³-hybridized carbons (Fsp3) is 0.150. The number of amides is 1. The normalized spacial score (nSPS) is 11.1. The van der Waals surface area contributed by atoms with Gasteiger partial charge in [-0.25, -0.2) is 9.67 Å². The Kier molecular flexibility index (Phi) is 4.20. The highest BCUT2D eigenvalue weighted by molar-refractivity contribution is 6.31. The molecule has 4 aromatic rings. The van der Waals surface area contributed by atoms with E-state index in [2.05, 4.69) is 15.4 Å². The molecule has 7 heteroatoms. The van der Waals surface area contributed by atoms with Crippen LogP contribution >= 0.6 is 11.6 Å². The highest BCUT2D eigenvalue weighted by atomic mass is 35.5. The lowest BCUT2D eigenvalue weighted by Crippen LogP contribution is -2.12. The molecule has 136 valence electrons. The van der Waals surface area contributed by atoms with Crippen LogP contribution in [-0.4, -0.2) is 20.7 Å². The van der Waals surface area contributed by atoms with Gasteiger partial charge in [-0.05, 0) is 50.2 Å². The number of carbonyl (C=O) groups excluding carboxylic acids is 1. The van der Waals surface area contributed by atoms with E-state index >= 15 is 0 Å². The Morgan fingerprint density at radius 2 is 1.96 bits per heavy atom. The van der Waals surface area contributed by atoms with Crippen molar-refractivity contribution in [3.05, 3.63) is 70.3 Å². The highest BCUT2D eigenvalue weighted by Gasteiger charge is 2.13. The van der Waals surface area contributed by atoms with Gasteiger partial charge in [-0.3, -0.25) is 4.79 Å². The van der Waals surface area contributed by atoms with Crippen molar-refractivity contribution < 1.29 is 9.21 Å². The minimum absolute atomic E-state index is 0.218. The van der Waals surface area contributed by atoms with Gasteiger partial charge in [0.05, 0.1) is 22.1 Å². The van der Waals surface area contributed by atoms with Crippen molar-refractivity contribution in [3.8, 4) is 5.69 Å². The zero-order chi connectivity index (χ0) is 19.1. The van der Waals surface area contributed by atoms with Gasteiger partial charge >= 0.3 is 0 Å². The third-order valence-corrected chi connectivity index (χ3v) is 4.86. The van der Waals surface area contributed by atoms with Crippen LogP contribution in [0.15, 0.2) is 46.9 Å². The number of aryl methyl sites for hydroxylation is 2. The van der Waals surface area contributed by atoms with E-state index in [9.17, 15) is 4.79 Å². The van der Waals surface area contributed by atoms with E-state index in [-0.39, 0.29) is 5.91 Å².